The Balaban J connectivity index is 4.00. The first-order valence-corrected chi connectivity index (χ1v) is 6.77. The van der Waals surface area contributed by atoms with Crippen LogP contribution in [0.15, 0.2) is 0 Å². The Bertz CT molecular complexity index is 118. The second-order valence-corrected chi connectivity index (χ2v) is 5.67. The number of nitrogens with two attached hydrogens (primary N) is 1. The summed E-state index contributed by atoms with van der Waals surface area (Å²) in [7, 11) is -1.53. The lowest BCUT2D eigenvalue weighted by Crippen LogP contribution is -2.38. The Hall–Kier alpha value is 0.0969. The van der Waals surface area contributed by atoms with Crippen molar-refractivity contribution in [3.05, 3.63) is 0 Å². The van der Waals surface area contributed by atoms with Gasteiger partial charge in [0.25, 0.3) is 0 Å². The molecule has 0 aromatic heterocycles. The molecule has 13 heavy (non-hydrogen) atoms. The topological polar surface area (TPSA) is 44.5 Å². The van der Waals surface area contributed by atoms with E-state index in [1.807, 2.05) is 13.8 Å². The SMILES string of the molecule is CCO[SiH](OCC)C(C)C(N)CC. The second kappa shape index (κ2) is 7.50. The molecular weight excluding hydrogens is 182 g/mol. The fourth-order valence-electron chi connectivity index (χ4n) is 1.25. The van der Waals surface area contributed by atoms with Gasteiger partial charge in [0.15, 0.2) is 0 Å². The Morgan fingerprint density at radius 1 is 1.15 bits per heavy atom. The molecule has 0 radical (unpaired) electrons. The summed E-state index contributed by atoms with van der Waals surface area (Å²) >= 11 is 0. The zero-order valence-corrected chi connectivity index (χ0v) is 10.4. The molecule has 0 heterocycles. The van der Waals surface area contributed by atoms with Gasteiger partial charge in [0.2, 0.25) is 0 Å². The molecule has 0 rings (SSSR count). The van der Waals surface area contributed by atoms with Crippen LogP contribution in [-0.4, -0.2) is 28.5 Å². The monoisotopic (exact) mass is 205 g/mol. The van der Waals surface area contributed by atoms with Crippen molar-refractivity contribution in [2.75, 3.05) is 13.2 Å². The van der Waals surface area contributed by atoms with E-state index in [0.717, 1.165) is 19.6 Å². The van der Waals surface area contributed by atoms with Crippen molar-refractivity contribution in [1.82, 2.24) is 0 Å². The molecule has 0 aromatic carbocycles. The summed E-state index contributed by atoms with van der Waals surface area (Å²) in [6.45, 7) is 9.71. The van der Waals surface area contributed by atoms with Gasteiger partial charge >= 0.3 is 9.28 Å². The molecule has 0 fully saturated rings. The van der Waals surface area contributed by atoms with Crippen molar-refractivity contribution in [1.29, 1.82) is 0 Å². The average molecular weight is 205 g/mol. The lowest BCUT2D eigenvalue weighted by Gasteiger charge is -2.25. The summed E-state index contributed by atoms with van der Waals surface area (Å²) in [6.07, 6.45) is 0.991. The third kappa shape index (κ3) is 4.76. The third-order valence-electron chi connectivity index (χ3n) is 2.24. The van der Waals surface area contributed by atoms with Crippen LogP contribution in [0.2, 0.25) is 5.54 Å². The second-order valence-electron chi connectivity index (χ2n) is 3.21. The van der Waals surface area contributed by atoms with Crippen LogP contribution in [-0.2, 0) is 8.85 Å². The molecule has 0 spiro atoms. The summed E-state index contributed by atoms with van der Waals surface area (Å²) in [5.74, 6) is 0. The van der Waals surface area contributed by atoms with Gasteiger partial charge in [-0.2, -0.15) is 0 Å². The van der Waals surface area contributed by atoms with Crippen LogP contribution in [0.4, 0.5) is 0 Å². The quantitative estimate of drug-likeness (QED) is 0.639. The largest absolute Gasteiger partial charge is 0.397 e. The standard InChI is InChI=1S/C9H23NO2Si/c1-5-9(10)8(4)13(11-6-2)12-7-3/h8-9,13H,5-7,10H2,1-4H3. The molecule has 0 aliphatic carbocycles. The molecule has 0 aliphatic rings. The molecule has 0 saturated heterocycles. The maximum absolute atomic E-state index is 5.95. The van der Waals surface area contributed by atoms with E-state index >= 15 is 0 Å². The molecule has 3 nitrogen and oxygen atoms in total. The van der Waals surface area contributed by atoms with E-state index < -0.39 is 9.28 Å². The summed E-state index contributed by atoms with van der Waals surface area (Å²) in [5.41, 5.74) is 6.35. The van der Waals surface area contributed by atoms with E-state index in [-0.39, 0.29) is 6.04 Å². The molecule has 0 aliphatic heterocycles. The number of hydrogen-bond acceptors (Lipinski definition) is 3. The van der Waals surface area contributed by atoms with Crippen LogP contribution in [0.3, 0.4) is 0 Å². The van der Waals surface area contributed by atoms with Crippen molar-refractivity contribution in [3.8, 4) is 0 Å². The predicted octanol–water partition coefficient (Wildman–Crippen LogP) is 1.41. The highest BCUT2D eigenvalue weighted by Crippen LogP contribution is 2.17. The van der Waals surface area contributed by atoms with Gasteiger partial charge in [-0.3, -0.25) is 0 Å². The van der Waals surface area contributed by atoms with E-state index in [9.17, 15) is 0 Å². The Morgan fingerprint density at radius 2 is 1.62 bits per heavy atom. The van der Waals surface area contributed by atoms with Crippen molar-refractivity contribution in [3.63, 3.8) is 0 Å². The fraction of sp³-hybridized carbons (Fsp3) is 1.00. The summed E-state index contributed by atoms with van der Waals surface area (Å²) in [5, 5.41) is 0. The van der Waals surface area contributed by atoms with Crippen LogP contribution in [0.5, 0.6) is 0 Å². The first kappa shape index (κ1) is 13.1. The van der Waals surface area contributed by atoms with Crippen LogP contribution < -0.4 is 5.73 Å². The van der Waals surface area contributed by atoms with Gasteiger partial charge in [-0.25, -0.2) is 0 Å². The van der Waals surface area contributed by atoms with Crippen molar-refractivity contribution >= 4 is 9.28 Å². The summed E-state index contributed by atoms with van der Waals surface area (Å²) < 4.78 is 11.2. The van der Waals surface area contributed by atoms with E-state index in [2.05, 4.69) is 13.8 Å². The molecule has 0 aromatic rings. The zero-order chi connectivity index (χ0) is 10.3. The molecule has 80 valence electrons. The minimum absolute atomic E-state index is 0.217. The minimum atomic E-state index is -1.53. The molecule has 0 amide bonds. The first-order chi connectivity index (χ1) is 6.17. The zero-order valence-electron chi connectivity index (χ0n) is 9.25. The Morgan fingerprint density at radius 3 is 1.92 bits per heavy atom. The van der Waals surface area contributed by atoms with Gasteiger partial charge < -0.3 is 14.6 Å². The summed E-state index contributed by atoms with van der Waals surface area (Å²) in [4.78, 5) is 0. The van der Waals surface area contributed by atoms with Crippen LogP contribution in [0, 0.1) is 0 Å². The molecule has 0 bridgehead atoms. The Kier molecular flexibility index (Phi) is 7.55. The van der Waals surface area contributed by atoms with Crippen molar-refractivity contribution in [2.24, 2.45) is 5.73 Å². The van der Waals surface area contributed by atoms with E-state index in [1.165, 1.54) is 0 Å². The smallest absolute Gasteiger partial charge is 0.325 e. The molecule has 0 saturated carbocycles. The normalized spacial score (nSPS) is 16.2. The van der Waals surface area contributed by atoms with Crippen molar-refractivity contribution in [2.45, 2.75) is 45.7 Å². The maximum atomic E-state index is 5.95. The predicted molar refractivity (Wildman–Crippen MR) is 58.1 cm³/mol. The first-order valence-electron chi connectivity index (χ1n) is 5.16. The molecule has 4 heteroatoms. The van der Waals surface area contributed by atoms with Gasteiger partial charge in [-0.15, -0.1) is 0 Å². The number of rotatable bonds is 7. The highest BCUT2D eigenvalue weighted by molar-refractivity contribution is 6.46. The third-order valence-corrected chi connectivity index (χ3v) is 4.91. The van der Waals surface area contributed by atoms with E-state index in [4.69, 9.17) is 14.6 Å². The molecular formula is C9H23NO2Si. The van der Waals surface area contributed by atoms with Crippen molar-refractivity contribution < 1.29 is 8.85 Å². The maximum Gasteiger partial charge on any atom is 0.325 e. The van der Waals surface area contributed by atoms with Gasteiger partial charge in [-0.05, 0) is 20.3 Å². The van der Waals surface area contributed by atoms with Crippen LogP contribution in [0.25, 0.3) is 0 Å². The van der Waals surface area contributed by atoms with Crippen LogP contribution in [0.1, 0.15) is 34.1 Å². The highest BCUT2D eigenvalue weighted by atomic mass is 28.3. The summed E-state index contributed by atoms with van der Waals surface area (Å²) in [6, 6.07) is 0.217. The average Bonchev–Trinajstić information content (AvgIpc) is 2.15. The van der Waals surface area contributed by atoms with E-state index in [1.54, 1.807) is 0 Å². The minimum Gasteiger partial charge on any atom is -0.397 e. The number of hydrogen-bond donors (Lipinski definition) is 1. The highest BCUT2D eigenvalue weighted by Gasteiger charge is 2.25. The molecule has 2 unspecified atom stereocenters. The van der Waals surface area contributed by atoms with Gasteiger partial charge in [0.05, 0.1) is 0 Å². The molecule has 2 atom stereocenters. The van der Waals surface area contributed by atoms with Gasteiger partial charge in [-0.1, -0.05) is 13.8 Å². The van der Waals surface area contributed by atoms with Crippen LogP contribution >= 0.6 is 0 Å². The van der Waals surface area contributed by atoms with Gasteiger partial charge in [0, 0.05) is 24.8 Å². The lowest BCUT2D eigenvalue weighted by atomic mass is 10.2. The fourth-order valence-corrected chi connectivity index (χ4v) is 3.29. The van der Waals surface area contributed by atoms with E-state index in [0.29, 0.717) is 5.54 Å². The Labute approximate surface area is 83.5 Å². The molecule has 2 N–H and O–H groups in total. The lowest BCUT2D eigenvalue weighted by molar-refractivity contribution is 0.201. The van der Waals surface area contributed by atoms with Gasteiger partial charge in [0.1, 0.15) is 0 Å².